The van der Waals surface area contributed by atoms with E-state index in [1.165, 1.54) is 51.0 Å². The highest BCUT2D eigenvalue weighted by Crippen LogP contribution is 2.38. The van der Waals surface area contributed by atoms with Crippen molar-refractivity contribution in [1.82, 2.24) is 0 Å². The predicted octanol–water partition coefficient (Wildman–Crippen LogP) is 6.32. The van der Waals surface area contributed by atoms with Gasteiger partial charge in [-0.05, 0) is 61.1 Å². The molecule has 0 spiro atoms. The van der Waals surface area contributed by atoms with Gasteiger partial charge >= 0.3 is 0 Å². The molecule has 0 unspecified atom stereocenters. The van der Waals surface area contributed by atoms with Crippen LogP contribution in [0.3, 0.4) is 0 Å². The summed E-state index contributed by atoms with van der Waals surface area (Å²) in [6.07, 6.45) is 11.0. The molecule has 21 heavy (non-hydrogen) atoms. The minimum Gasteiger partial charge on any atom is -0.216 e. The Bertz CT molecular complexity index is 457. The molecule has 1 aromatic rings. The summed E-state index contributed by atoms with van der Waals surface area (Å²) in [7, 11) is 0. The van der Waals surface area contributed by atoms with E-state index in [4.69, 9.17) is 0 Å². The van der Waals surface area contributed by atoms with E-state index in [2.05, 4.69) is 6.92 Å². The summed E-state index contributed by atoms with van der Waals surface area (Å²) in [6, 6.07) is 5.51. The molecular weight excluding hydrogens is 266 g/mol. The number of rotatable bonds is 6. The van der Waals surface area contributed by atoms with Gasteiger partial charge in [0.1, 0.15) is 5.82 Å². The van der Waals surface area contributed by atoms with Crippen LogP contribution >= 0.6 is 0 Å². The van der Waals surface area contributed by atoms with Gasteiger partial charge in [0.15, 0.2) is 0 Å². The summed E-state index contributed by atoms with van der Waals surface area (Å²) >= 11 is 0. The van der Waals surface area contributed by atoms with Crippen LogP contribution in [0.5, 0.6) is 0 Å². The Hall–Kier alpha value is -1.18. The van der Waals surface area contributed by atoms with Crippen molar-refractivity contribution in [2.75, 3.05) is 0 Å². The molecule has 2 heteroatoms. The van der Waals surface area contributed by atoms with Crippen molar-refractivity contribution in [3.05, 3.63) is 47.5 Å². The maximum atomic E-state index is 14.0. The van der Waals surface area contributed by atoms with Crippen LogP contribution in [0.1, 0.15) is 68.9 Å². The molecule has 1 saturated carbocycles. The second kappa shape index (κ2) is 8.31. The van der Waals surface area contributed by atoms with E-state index in [1.54, 1.807) is 6.07 Å². The number of hydrogen-bond donors (Lipinski definition) is 0. The summed E-state index contributed by atoms with van der Waals surface area (Å²) < 4.78 is 26.0. The molecule has 0 nitrogen and oxygen atoms in total. The molecule has 0 radical (unpaired) electrons. The molecular formula is C19H26F2. The van der Waals surface area contributed by atoms with E-state index in [0.717, 1.165) is 11.5 Å². The highest BCUT2D eigenvalue weighted by molar-refractivity contribution is 5.28. The van der Waals surface area contributed by atoms with Gasteiger partial charge in [-0.15, -0.1) is 0 Å². The van der Waals surface area contributed by atoms with Crippen LogP contribution in [0.4, 0.5) is 8.78 Å². The van der Waals surface area contributed by atoms with Crippen molar-refractivity contribution >= 4 is 0 Å². The van der Waals surface area contributed by atoms with Crippen molar-refractivity contribution in [3.8, 4) is 0 Å². The van der Waals surface area contributed by atoms with Crippen LogP contribution in [0.25, 0.3) is 0 Å². The third kappa shape index (κ3) is 4.66. The summed E-state index contributed by atoms with van der Waals surface area (Å²) in [5, 5.41) is 0. The van der Waals surface area contributed by atoms with Gasteiger partial charge in [-0.25, -0.2) is 8.78 Å². The summed E-state index contributed by atoms with van der Waals surface area (Å²) in [6.45, 7) is 2.24. The Balaban J connectivity index is 1.92. The third-order valence-electron chi connectivity index (χ3n) is 4.79. The molecule has 0 aliphatic heterocycles. The summed E-state index contributed by atoms with van der Waals surface area (Å²) in [5.41, 5.74) is 1.69. The molecule has 0 amide bonds. The molecule has 0 saturated heterocycles. The van der Waals surface area contributed by atoms with Crippen LogP contribution in [0.15, 0.2) is 30.6 Å². The van der Waals surface area contributed by atoms with Gasteiger partial charge in [-0.1, -0.05) is 44.4 Å². The molecule has 1 fully saturated rings. The van der Waals surface area contributed by atoms with Gasteiger partial charge in [0.25, 0.3) is 0 Å². The minimum absolute atomic E-state index is 0.196. The standard InChI is InChI=1S/C19H26F2/c1-2-3-5-15-7-9-16(10-8-15)18-12-11-17(6-4-13-20)19(21)14-18/h4,11-16H,2-3,5-10H2,1H3/b13-4+. The molecule has 1 aliphatic carbocycles. The maximum absolute atomic E-state index is 14.0. The minimum atomic E-state index is -0.196. The van der Waals surface area contributed by atoms with E-state index in [-0.39, 0.29) is 5.82 Å². The van der Waals surface area contributed by atoms with E-state index in [0.29, 0.717) is 24.2 Å². The lowest BCUT2D eigenvalue weighted by molar-refractivity contribution is 0.304. The zero-order valence-corrected chi connectivity index (χ0v) is 13.0. The van der Waals surface area contributed by atoms with Gasteiger partial charge in [0.05, 0.1) is 6.33 Å². The van der Waals surface area contributed by atoms with Gasteiger partial charge in [-0.2, -0.15) is 0 Å². The monoisotopic (exact) mass is 292 g/mol. The van der Waals surface area contributed by atoms with Crippen molar-refractivity contribution in [3.63, 3.8) is 0 Å². The number of allylic oxidation sites excluding steroid dienone is 1. The smallest absolute Gasteiger partial charge is 0.126 e. The van der Waals surface area contributed by atoms with Gasteiger partial charge in [0, 0.05) is 0 Å². The Morgan fingerprint density at radius 1 is 1.19 bits per heavy atom. The van der Waals surface area contributed by atoms with Crippen LogP contribution in [-0.4, -0.2) is 0 Å². The fourth-order valence-electron chi connectivity index (χ4n) is 3.43. The van der Waals surface area contributed by atoms with Gasteiger partial charge in [-0.3, -0.25) is 0 Å². The van der Waals surface area contributed by atoms with Crippen molar-refractivity contribution in [1.29, 1.82) is 0 Å². The Kier molecular flexibility index (Phi) is 6.41. The Labute approximate surface area is 127 Å². The first kappa shape index (κ1) is 16.2. The zero-order valence-electron chi connectivity index (χ0n) is 13.0. The highest BCUT2D eigenvalue weighted by atomic mass is 19.1. The van der Waals surface area contributed by atoms with Crippen molar-refractivity contribution in [2.45, 2.75) is 64.2 Å². The van der Waals surface area contributed by atoms with E-state index in [1.807, 2.05) is 12.1 Å². The summed E-state index contributed by atoms with van der Waals surface area (Å²) in [5.74, 6) is 1.18. The second-order valence-corrected chi connectivity index (χ2v) is 6.28. The fourth-order valence-corrected chi connectivity index (χ4v) is 3.43. The normalized spacial score (nSPS) is 22.8. The lowest BCUT2D eigenvalue weighted by atomic mass is 9.77. The lowest BCUT2D eigenvalue weighted by Crippen LogP contribution is -2.13. The molecule has 0 heterocycles. The first-order valence-electron chi connectivity index (χ1n) is 8.28. The number of halogens is 2. The number of hydrogen-bond acceptors (Lipinski definition) is 0. The van der Waals surface area contributed by atoms with E-state index < -0.39 is 0 Å². The largest absolute Gasteiger partial charge is 0.216 e. The fraction of sp³-hybridized carbons (Fsp3) is 0.579. The number of unbranched alkanes of at least 4 members (excludes halogenated alkanes) is 1. The predicted molar refractivity (Wildman–Crippen MR) is 84.6 cm³/mol. The Morgan fingerprint density at radius 3 is 2.57 bits per heavy atom. The molecule has 116 valence electrons. The maximum Gasteiger partial charge on any atom is 0.126 e. The van der Waals surface area contributed by atoms with Crippen molar-refractivity contribution < 1.29 is 8.78 Å². The summed E-state index contributed by atoms with van der Waals surface area (Å²) in [4.78, 5) is 0. The molecule has 0 aromatic heterocycles. The van der Waals surface area contributed by atoms with Crippen molar-refractivity contribution in [2.24, 2.45) is 5.92 Å². The van der Waals surface area contributed by atoms with Crippen LogP contribution in [0, 0.1) is 11.7 Å². The first-order valence-corrected chi connectivity index (χ1v) is 8.28. The topological polar surface area (TPSA) is 0 Å². The average Bonchev–Trinajstić information content (AvgIpc) is 2.52. The Morgan fingerprint density at radius 2 is 1.95 bits per heavy atom. The molecule has 0 N–H and O–H groups in total. The molecule has 1 aliphatic rings. The van der Waals surface area contributed by atoms with Crippen LogP contribution in [0.2, 0.25) is 0 Å². The molecule has 1 aromatic carbocycles. The van der Waals surface area contributed by atoms with Gasteiger partial charge < -0.3 is 0 Å². The van der Waals surface area contributed by atoms with E-state index in [9.17, 15) is 8.78 Å². The highest BCUT2D eigenvalue weighted by Gasteiger charge is 2.22. The number of benzene rings is 1. The second-order valence-electron chi connectivity index (χ2n) is 6.28. The van der Waals surface area contributed by atoms with Crippen LogP contribution in [-0.2, 0) is 6.42 Å². The first-order chi connectivity index (χ1) is 10.2. The molecule has 2 rings (SSSR count). The average molecular weight is 292 g/mol. The molecule has 0 atom stereocenters. The van der Waals surface area contributed by atoms with Gasteiger partial charge in [0.2, 0.25) is 0 Å². The van der Waals surface area contributed by atoms with Crippen LogP contribution < -0.4 is 0 Å². The zero-order chi connectivity index (χ0) is 15.1. The quantitative estimate of drug-likeness (QED) is 0.576. The SMILES string of the molecule is CCCCC1CCC(c2ccc(C/C=C/F)c(F)c2)CC1. The van der Waals surface area contributed by atoms with E-state index >= 15 is 0 Å². The lowest BCUT2D eigenvalue weighted by Gasteiger charge is -2.29. The third-order valence-corrected chi connectivity index (χ3v) is 4.79. The molecule has 0 bridgehead atoms.